The van der Waals surface area contributed by atoms with Crippen LogP contribution >= 0.6 is 15.9 Å². The molecule has 4 aromatic carbocycles. The fourth-order valence-electron chi connectivity index (χ4n) is 3.73. The second kappa shape index (κ2) is 9.64. The van der Waals surface area contributed by atoms with Crippen LogP contribution in [0.4, 0.5) is 5.69 Å². The Labute approximate surface area is 196 Å². The molecule has 0 unspecified atom stereocenters. The molecule has 0 spiro atoms. The first-order valence-corrected chi connectivity index (χ1v) is 11.1. The van der Waals surface area contributed by atoms with Gasteiger partial charge >= 0.3 is 0 Å². The van der Waals surface area contributed by atoms with E-state index in [4.69, 9.17) is 0 Å². The van der Waals surface area contributed by atoms with Crippen LogP contribution in [0.2, 0.25) is 0 Å². The summed E-state index contributed by atoms with van der Waals surface area (Å²) in [5.41, 5.74) is 4.84. The molecule has 1 amide bonds. The van der Waals surface area contributed by atoms with Gasteiger partial charge in [0.05, 0.1) is 0 Å². The van der Waals surface area contributed by atoms with Gasteiger partial charge in [0, 0.05) is 10.2 Å². The highest BCUT2D eigenvalue weighted by atomic mass is 79.9. The van der Waals surface area contributed by atoms with E-state index in [9.17, 15) is 10.1 Å². The molecule has 0 fully saturated rings. The Morgan fingerprint density at radius 3 is 2.53 bits per heavy atom. The minimum Gasteiger partial charge on any atom is -0.321 e. The van der Waals surface area contributed by atoms with Crippen molar-refractivity contribution in [1.29, 1.82) is 5.26 Å². The normalized spacial score (nSPS) is 11.2. The van der Waals surface area contributed by atoms with Gasteiger partial charge in [-0.25, -0.2) is 0 Å². The van der Waals surface area contributed by atoms with E-state index in [0.717, 1.165) is 37.5 Å². The second-order valence-electron chi connectivity index (χ2n) is 7.62. The van der Waals surface area contributed by atoms with Gasteiger partial charge in [-0.3, -0.25) is 4.79 Å². The number of carbonyl (C=O) groups is 1. The third-order valence-corrected chi connectivity index (χ3v) is 6.10. The smallest absolute Gasteiger partial charge is 0.266 e. The van der Waals surface area contributed by atoms with Crippen LogP contribution in [-0.4, -0.2) is 5.91 Å². The molecule has 4 rings (SSSR count). The Morgan fingerprint density at radius 2 is 1.75 bits per heavy atom. The molecule has 0 radical (unpaired) electrons. The zero-order valence-electron chi connectivity index (χ0n) is 17.6. The number of nitrogens with one attached hydrogen (secondary N) is 1. The predicted molar refractivity (Wildman–Crippen MR) is 134 cm³/mol. The van der Waals surface area contributed by atoms with E-state index in [1.807, 2.05) is 73.7 Å². The Balaban J connectivity index is 1.78. The van der Waals surface area contributed by atoms with Crippen LogP contribution in [0.3, 0.4) is 0 Å². The molecular weight excluding hydrogens is 460 g/mol. The Bertz CT molecular complexity index is 1380. The first-order valence-electron chi connectivity index (χ1n) is 10.3. The number of nitrogens with zero attached hydrogens (tertiary/aromatic N) is 1. The number of carbonyl (C=O) groups excluding carboxylic acids is 1. The van der Waals surface area contributed by atoms with Crippen molar-refractivity contribution < 1.29 is 4.79 Å². The van der Waals surface area contributed by atoms with Crippen molar-refractivity contribution in [2.45, 2.75) is 13.3 Å². The van der Waals surface area contributed by atoms with Gasteiger partial charge in [-0.2, -0.15) is 5.26 Å². The Hall–Kier alpha value is -3.68. The predicted octanol–water partition coefficient (Wildman–Crippen LogP) is 7.05. The van der Waals surface area contributed by atoms with Crippen LogP contribution in [0, 0.1) is 18.3 Å². The van der Waals surface area contributed by atoms with E-state index in [2.05, 4.69) is 45.5 Å². The van der Waals surface area contributed by atoms with Gasteiger partial charge < -0.3 is 5.32 Å². The van der Waals surface area contributed by atoms with Gasteiger partial charge in [-0.15, -0.1) is 0 Å². The molecule has 32 heavy (non-hydrogen) atoms. The molecule has 0 aliphatic heterocycles. The van der Waals surface area contributed by atoms with Crippen LogP contribution in [-0.2, 0) is 11.2 Å². The van der Waals surface area contributed by atoms with E-state index in [0.29, 0.717) is 12.1 Å². The SMILES string of the molecule is Cc1cccc(NC(=O)/C(C#N)=C/c2c(Cc3ccccc3Br)ccc3ccccc23)c1. The number of benzene rings is 4. The van der Waals surface area contributed by atoms with E-state index >= 15 is 0 Å². The lowest BCUT2D eigenvalue weighted by Crippen LogP contribution is -2.13. The summed E-state index contributed by atoms with van der Waals surface area (Å²) in [4.78, 5) is 12.9. The van der Waals surface area contributed by atoms with E-state index in [1.165, 1.54) is 0 Å². The zero-order valence-corrected chi connectivity index (χ0v) is 19.2. The number of hydrogen-bond acceptors (Lipinski definition) is 2. The van der Waals surface area contributed by atoms with Gasteiger partial charge in [0.1, 0.15) is 11.6 Å². The van der Waals surface area contributed by atoms with E-state index in [-0.39, 0.29) is 5.57 Å². The molecular formula is C28H21BrN2O. The average Bonchev–Trinajstić information content (AvgIpc) is 2.79. The molecule has 1 N–H and O–H groups in total. The number of aryl methyl sites for hydroxylation is 1. The van der Waals surface area contributed by atoms with Crippen LogP contribution in [0.25, 0.3) is 16.8 Å². The molecule has 4 aromatic rings. The molecule has 0 bridgehead atoms. The minimum absolute atomic E-state index is 0.0660. The molecule has 0 heterocycles. The molecule has 3 nitrogen and oxygen atoms in total. The van der Waals surface area contributed by atoms with Gasteiger partial charge in [0.25, 0.3) is 5.91 Å². The number of hydrogen-bond donors (Lipinski definition) is 1. The maximum Gasteiger partial charge on any atom is 0.266 e. The maximum absolute atomic E-state index is 12.9. The summed E-state index contributed by atoms with van der Waals surface area (Å²) in [6.45, 7) is 1.96. The van der Waals surface area contributed by atoms with E-state index < -0.39 is 5.91 Å². The summed E-state index contributed by atoms with van der Waals surface area (Å²) in [5.74, 6) is -0.419. The van der Waals surface area contributed by atoms with Gasteiger partial charge in [0.2, 0.25) is 0 Å². The van der Waals surface area contributed by atoms with Crippen molar-refractivity contribution in [2.24, 2.45) is 0 Å². The Kier molecular flexibility index (Phi) is 6.49. The van der Waals surface area contributed by atoms with Gasteiger partial charge in [0.15, 0.2) is 0 Å². The monoisotopic (exact) mass is 480 g/mol. The van der Waals surface area contributed by atoms with Crippen molar-refractivity contribution in [3.8, 4) is 6.07 Å². The lowest BCUT2D eigenvalue weighted by atomic mass is 9.93. The summed E-state index contributed by atoms with van der Waals surface area (Å²) in [5, 5.41) is 14.7. The Morgan fingerprint density at radius 1 is 0.969 bits per heavy atom. The van der Waals surface area contributed by atoms with E-state index in [1.54, 1.807) is 6.08 Å². The number of halogens is 1. The standard InChI is InChI=1S/C28H21BrN2O/c1-19-7-6-10-24(15-19)31-28(32)23(18-30)17-26-21(16-22-9-3-5-12-27(22)29)14-13-20-8-2-4-11-25(20)26/h2-15,17H,16H2,1H3,(H,31,32)/b23-17+. The fraction of sp³-hybridized carbons (Fsp3) is 0.0714. The highest BCUT2D eigenvalue weighted by Crippen LogP contribution is 2.29. The fourth-order valence-corrected chi connectivity index (χ4v) is 4.15. The number of fused-ring (bicyclic) bond motifs is 1. The highest BCUT2D eigenvalue weighted by molar-refractivity contribution is 9.10. The van der Waals surface area contributed by atoms with Gasteiger partial charge in [-0.05, 0) is 70.6 Å². The molecule has 0 aliphatic rings. The summed E-state index contributed by atoms with van der Waals surface area (Å²) < 4.78 is 1.03. The summed E-state index contributed by atoms with van der Waals surface area (Å²) in [7, 11) is 0. The molecule has 0 aromatic heterocycles. The van der Waals surface area contributed by atoms with Crippen molar-refractivity contribution >= 4 is 44.4 Å². The molecule has 0 atom stereocenters. The number of amides is 1. The summed E-state index contributed by atoms with van der Waals surface area (Å²) in [6, 6.07) is 29.9. The van der Waals surface area contributed by atoms with Crippen molar-refractivity contribution in [2.75, 3.05) is 5.32 Å². The van der Waals surface area contributed by atoms with Crippen LogP contribution in [0.1, 0.15) is 22.3 Å². The quantitative estimate of drug-likeness (QED) is 0.245. The first kappa shape index (κ1) is 21.5. The molecule has 0 saturated carbocycles. The first-order chi connectivity index (χ1) is 15.5. The third kappa shape index (κ3) is 4.80. The largest absolute Gasteiger partial charge is 0.321 e. The van der Waals surface area contributed by atoms with Crippen LogP contribution in [0.5, 0.6) is 0 Å². The topological polar surface area (TPSA) is 52.9 Å². The zero-order chi connectivity index (χ0) is 22.5. The summed E-state index contributed by atoms with van der Waals surface area (Å²) >= 11 is 3.63. The highest BCUT2D eigenvalue weighted by Gasteiger charge is 2.14. The third-order valence-electron chi connectivity index (χ3n) is 5.33. The number of rotatable bonds is 5. The second-order valence-corrected chi connectivity index (χ2v) is 8.48. The molecule has 156 valence electrons. The average molecular weight is 481 g/mol. The summed E-state index contributed by atoms with van der Waals surface area (Å²) in [6.07, 6.45) is 2.38. The molecule has 0 saturated heterocycles. The van der Waals surface area contributed by atoms with Crippen molar-refractivity contribution in [1.82, 2.24) is 0 Å². The van der Waals surface area contributed by atoms with Crippen molar-refractivity contribution in [3.05, 3.63) is 117 Å². The molecule has 0 aliphatic carbocycles. The minimum atomic E-state index is -0.419. The number of anilines is 1. The van der Waals surface area contributed by atoms with Crippen LogP contribution in [0.15, 0.2) is 95.0 Å². The van der Waals surface area contributed by atoms with Crippen LogP contribution < -0.4 is 5.32 Å². The lowest BCUT2D eigenvalue weighted by Gasteiger charge is -2.12. The molecule has 4 heteroatoms. The number of nitriles is 1. The lowest BCUT2D eigenvalue weighted by molar-refractivity contribution is -0.112. The van der Waals surface area contributed by atoms with Gasteiger partial charge in [-0.1, -0.05) is 82.7 Å². The van der Waals surface area contributed by atoms with Crippen molar-refractivity contribution in [3.63, 3.8) is 0 Å². The maximum atomic E-state index is 12.9.